The van der Waals surface area contributed by atoms with Gasteiger partial charge in [0.1, 0.15) is 0 Å². The van der Waals surface area contributed by atoms with Crippen LogP contribution in [-0.2, 0) is 0 Å². The molecule has 18 heavy (non-hydrogen) atoms. The smallest absolute Gasteiger partial charge is 0.0213 e. The molecule has 4 rings (SSSR count). The summed E-state index contributed by atoms with van der Waals surface area (Å²) in [4.78, 5) is 0. The van der Waals surface area contributed by atoms with Crippen LogP contribution in [0.2, 0.25) is 0 Å². The molecule has 4 bridgehead atoms. The predicted octanol–water partition coefficient (Wildman–Crippen LogP) is 2.78. The molecule has 0 amide bonds. The molecule has 104 valence electrons. The summed E-state index contributed by atoms with van der Waals surface area (Å²) in [6.07, 6.45) is 9.14. The van der Waals surface area contributed by atoms with E-state index in [4.69, 9.17) is 5.73 Å². The minimum atomic E-state index is 0.512. The Labute approximate surface area is 112 Å². The zero-order chi connectivity index (χ0) is 12.8. The Bertz CT molecular complexity index is 262. The van der Waals surface area contributed by atoms with E-state index in [-0.39, 0.29) is 0 Å². The predicted molar refractivity (Wildman–Crippen MR) is 76.3 cm³/mol. The zero-order valence-corrected chi connectivity index (χ0v) is 12.1. The number of hydrogen-bond donors (Lipinski definition) is 2. The van der Waals surface area contributed by atoms with Crippen LogP contribution in [0.1, 0.15) is 52.4 Å². The highest BCUT2D eigenvalue weighted by molar-refractivity contribution is 5.02. The summed E-state index contributed by atoms with van der Waals surface area (Å²) in [6.45, 7) is 6.58. The highest BCUT2D eigenvalue weighted by Gasteiger charge is 2.50. The third kappa shape index (κ3) is 2.34. The molecule has 0 radical (unpaired) electrons. The Morgan fingerprint density at radius 3 is 1.94 bits per heavy atom. The molecule has 4 aliphatic rings. The molecule has 0 aromatic rings. The third-order valence-electron chi connectivity index (χ3n) is 5.96. The molecule has 2 nitrogen and oxygen atoms in total. The van der Waals surface area contributed by atoms with Crippen LogP contribution in [-0.4, -0.2) is 19.1 Å². The van der Waals surface area contributed by atoms with E-state index in [0.29, 0.717) is 17.4 Å². The number of nitrogens with two attached hydrogens (primary N) is 1. The lowest BCUT2D eigenvalue weighted by atomic mass is 9.49. The van der Waals surface area contributed by atoms with Crippen molar-refractivity contribution in [1.82, 2.24) is 5.32 Å². The first-order chi connectivity index (χ1) is 8.60. The van der Waals surface area contributed by atoms with Crippen LogP contribution in [0.5, 0.6) is 0 Å². The summed E-state index contributed by atoms with van der Waals surface area (Å²) >= 11 is 0. The normalized spacial score (nSPS) is 43.7. The van der Waals surface area contributed by atoms with Gasteiger partial charge in [0.25, 0.3) is 0 Å². The molecule has 1 atom stereocenters. The maximum atomic E-state index is 5.89. The lowest BCUT2D eigenvalue weighted by Crippen LogP contribution is -2.53. The molecule has 2 heteroatoms. The molecular formula is C16H30N2. The van der Waals surface area contributed by atoms with Crippen LogP contribution < -0.4 is 11.1 Å². The Balaban J connectivity index is 1.62. The molecule has 4 saturated carbocycles. The van der Waals surface area contributed by atoms with Crippen LogP contribution in [0.4, 0.5) is 0 Å². The van der Waals surface area contributed by atoms with E-state index in [0.717, 1.165) is 24.3 Å². The second-order valence-electron chi connectivity index (χ2n) is 7.88. The van der Waals surface area contributed by atoms with Crippen molar-refractivity contribution in [2.45, 2.75) is 58.4 Å². The number of nitrogens with one attached hydrogen (secondary N) is 1. The van der Waals surface area contributed by atoms with Gasteiger partial charge in [-0.05, 0) is 67.6 Å². The van der Waals surface area contributed by atoms with E-state index < -0.39 is 0 Å². The monoisotopic (exact) mass is 250 g/mol. The van der Waals surface area contributed by atoms with Crippen molar-refractivity contribution in [3.8, 4) is 0 Å². The Morgan fingerprint density at radius 1 is 1.06 bits per heavy atom. The van der Waals surface area contributed by atoms with Gasteiger partial charge in [-0.25, -0.2) is 0 Å². The number of rotatable bonds is 5. The van der Waals surface area contributed by atoms with E-state index in [9.17, 15) is 0 Å². The fourth-order valence-corrected chi connectivity index (χ4v) is 5.45. The van der Waals surface area contributed by atoms with E-state index in [1.807, 2.05) is 0 Å². The quantitative estimate of drug-likeness (QED) is 0.787. The van der Waals surface area contributed by atoms with Crippen LogP contribution in [0.15, 0.2) is 0 Å². The van der Waals surface area contributed by atoms with Gasteiger partial charge in [0, 0.05) is 19.1 Å². The van der Waals surface area contributed by atoms with Gasteiger partial charge in [-0.2, -0.15) is 0 Å². The average Bonchev–Trinajstić information content (AvgIpc) is 2.27. The molecular weight excluding hydrogens is 220 g/mol. The summed E-state index contributed by atoms with van der Waals surface area (Å²) in [5, 5.41) is 3.80. The van der Waals surface area contributed by atoms with Crippen molar-refractivity contribution < 1.29 is 0 Å². The van der Waals surface area contributed by atoms with Crippen LogP contribution in [0, 0.1) is 29.1 Å². The van der Waals surface area contributed by atoms with Gasteiger partial charge in [-0.15, -0.1) is 0 Å². The standard InChI is InChI=1S/C16H30N2/c1-11(2)15(9-17)18-10-16-6-12-3-13(7-16)5-14(4-12)8-16/h11-15,18H,3-10,17H2,1-2H3. The lowest BCUT2D eigenvalue weighted by Gasteiger charge is -2.57. The molecule has 0 aromatic carbocycles. The van der Waals surface area contributed by atoms with Crippen molar-refractivity contribution in [3.63, 3.8) is 0 Å². The molecule has 0 heterocycles. The van der Waals surface area contributed by atoms with E-state index >= 15 is 0 Å². The van der Waals surface area contributed by atoms with Crippen LogP contribution in [0.25, 0.3) is 0 Å². The maximum absolute atomic E-state index is 5.89. The van der Waals surface area contributed by atoms with Gasteiger partial charge >= 0.3 is 0 Å². The second-order valence-corrected chi connectivity index (χ2v) is 7.88. The first-order valence-electron chi connectivity index (χ1n) is 8.04. The second kappa shape index (κ2) is 4.79. The van der Waals surface area contributed by atoms with E-state index in [1.54, 1.807) is 19.3 Å². The highest BCUT2D eigenvalue weighted by Crippen LogP contribution is 2.59. The van der Waals surface area contributed by atoms with Gasteiger partial charge in [-0.1, -0.05) is 13.8 Å². The summed E-state index contributed by atoms with van der Waals surface area (Å²) in [5.41, 5.74) is 6.54. The summed E-state index contributed by atoms with van der Waals surface area (Å²) in [5.74, 6) is 3.85. The van der Waals surface area contributed by atoms with Crippen LogP contribution >= 0.6 is 0 Å². The lowest BCUT2D eigenvalue weighted by molar-refractivity contribution is -0.0528. The Hall–Kier alpha value is -0.0800. The van der Waals surface area contributed by atoms with Crippen molar-refractivity contribution in [1.29, 1.82) is 0 Å². The Kier molecular flexibility index (Phi) is 3.44. The van der Waals surface area contributed by atoms with Crippen molar-refractivity contribution >= 4 is 0 Å². The largest absolute Gasteiger partial charge is 0.329 e. The molecule has 3 N–H and O–H groups in total. The molecule has 0 aromatic heterocycles. The fourth-order valence-electron chi connectivity index (χ4n) is 5.45. The fraction of sp³-hybridized carbons (Fsp3) is 1.00. The SMILES string of the molecule is CC(C)C(CN)NCC12CC3CC(CC(C3)C1)C2. The molecule has 0 spiro atoms. The van der Waals surface area contributed by atoms with E-state index in [1.165, 1.54) is 25.8 Å². The van der Waals surface area contributed by atoms with Gasteiger partial charge in [-0.3, -0.25) is 0 Å². The molecule has 4 fully saturated rings. The topological polar surface area (TPSA) is 38.0 Å². The molecule has 0 saturated heterocycles. The maximum Gasteiger partial charge on any atom is 0.0213 e. The Morgan fingerprint density at radius 2 is 1.56 bits per heavy atom. The average molecular weight is 250 g/mol. The molecule has 4 aliphatic carbocycles. The molecule has 1 unspecified atom stereocenters. The molecule has 0 aliphatic heterocycles. The minimum Gasteiger partial charge on any atom is -0.329 e. The first kappa shape index (κ1) is 12.9. The van der Waals surface area contributed by atoms with Crippen molar-refractivity contribution in [2.24, 2.45) is 34.8 Å². The summed E-state index contributed by atoms with van der Waals surface area (Å²) in [6, 6.07) is 0.512. The summed E-state index contributed by atoms with van der Waals surface area (Å²) in [7, 11) is 0. The van der Waals surface area contributed by atoms with Crippen molar-refractivity contribution in [2.75, 3.05) is 13.1 Å². The van der Waals surface area contributed by atoms with Gasteiger partial charge < -0.3 is 11.1 Å². The zero-order valence-electron chi connectivity index (χ0n) is 12.1. The number of hydrogen-bond acceptors (Lipinski definition) is 2. The van der Waals surface area contributed by atoms with Gasteiger partial charge in [0.15, 0.2) is 0 Å². The van der Waals surface area contributed by atoms with E-state index in [2.05, 4.69) is 19.2 Å². The third-order valence-corrected chi connectivity index (χ3v) is 5.96. The summed E-state index contributed by atoms with van der Waals surface area (Å²) < 4.78 is 0. The van der Waals surface area contributed by atoms with Gasteiger partial charge in [0.05, 0.1) is 0 Å². The first-order valence-corrected chi connectivity index (χ1v) is 8.04. The van der Waals surface area contributed by atoms with Crippen LogP contribution in [0.3, 0.4) is 0 Å². The van der Waals surface area contributed by atoms with Crippen molar-refractivity contribution in [3.05, 3.63) is 0 Å². The highest BCUT2D eigenvalue weighted by atomic mass is 15.0. The minimum absolute atomic E-state index is 0.512. The van der Waals surface area contributed by atoms with Gasteiger partial charge in [0.2, 0.25) is 0 Å².